The molecular formula is C18H9F9O. The smallest absolute Gasteiger partial charge is 0.298 e. The van der Waals surface area contributed by atoms with Gasteiger partial charge in [0.15, 0.2) is 0 Å². The van der Waals surface area contributed by atoms with Crippen molar-refractivity contribution < 1.29 is 44.3 Å². The average molecular weight is 412 g/mol. The lowest BCUT2D eigenvalue weighted by Gasteiger charge is -2.13. The molecule has 0 aliphatic carbocycles. The van der Waals surface area contributed by atoms with Gasteiger partial charge in [-0.05, 0) is 47.5 Å². The maximum Gasteiger partial charge on any atom is 0.416 e. The molecule has 0 unspecified atom stereocenters. The highest BCUT2D eigenvalue weighted by atomic mass is 19.4. The summed E-state index contributed by atoms with van der Waals surface area (Å²) in [4.78, 5) is 10.8. The monoisotopic (exact) mass is 412 g/mol. The van der Waals surface area contributed by atoms with E-state index >= 15 is 0 Å². The highest BCUT2D eigenvalue weighted by molar-refractivity contribution is 5.79. The molecule has 0 radical (unpaired) electrons. The van der Waals surface area contributed by atoms with Crippen LogP contribution in [0, 0.1) is 0 Å². The average Bonchev–Trinajstić information content (AvgIpc) is 2.57. The molecule has 10 heteroatoms. The van der Waals surface area contributed by atoms with Gasteiger partial charge < -0.3 is 0 Å². The summed E-state index contributed by atoms with van der Waals surface area (Å²) in [6.45, 7) is 0. The molecule has 0 saturated heterocycles. The highest BCUT2D eigenvalue weighted by Gasteiger charge is 2.36. The normalized spacial score (nSPS) is 13.2. The molecular weight excluding hydrogens is 403 g/mol. The number of rotatable bonds is 3. The first kappa shape index (κ1) is 21.5. The molecule has 28 heavy (non-hydrogen) atoms. The Kier molecular flexibility index (Phi) is 5.63. The first-order valence-corrected chi connectivity index (χ1v) is 7.35. The van der Waals surface area contributed by atoms with Crippen LogP contribution in [0.3, 0.4) is 0 Å². The summed E-state index contributed by atoms with van der Waals surface area (Å²) in [7, 11) is 0. The Balaban J connectivity index is 2.53. The molecule has 2 aromatic carbocycles. The number of carbonyl (C=O) groups is 1. The van der Waals surface area contributed by atoms with Crippen molar-refractivity contribution in [2.24, 2.45) is 0 Å². The van der Waals surface area contributed by atoms with E-state index in [1.807, 2.05) is 0 Å². The molecule has 0 aliphatic rings. The van der Waals surface area contributed by atoms with Crippen LogP contribution in [0.25, 0.3) is 12.2 Å². The van der Waals surface area contributed by atoms with Crippen LogP contribution in [0.5, 0.6) is 0 Å². The molecule has 150 valence electrons. The van der Waals surface area contributed by atoms with Gasteiger partial charge in [-0.25, -0.2) is 0 Å². The Bertz CT molecular complexity index is 870. The predicted molar refractivity (Wildman–Crippen MR) is 82.2 cm³/mol. The summed E-state index contributed by atoms with van der Waals surface area (Å²) in [5.41, 5.74) is -5.39. The molecule has 0 bridgehead atoms. The third-order valence-corrected chi connectivity index (χ3v) is 3.52. The maximum absolute atomic E-state index is 12.8. The van der Waals surface area contributed by atoms with Crippen molar-refractivity contribution in [2.75, 3.05) is 0 Å². The van der Waals surface area contributed by atoms with Gasteiger partial charge in [0.25, 0.3) is 0 Å². The van der Waals surface area contributed by atoms with E-state index in [2.05, 4.69) is 0 Å². The van der Waals surface area contributed by atoms with E-state index in [1.54, 1.807) is 0 Å². The summed E-state index contributed by atoms with van der Waals surface area (Å²) in [6, 6.07) is 2.99. The summed E-state index contributed by atoms with van der Waals surface area (Å²) < 4.78 is 115. The molecule has 0 N–H and O–H groups in total. The number of alkyl halides is 9. The molecule has 0 atom stereocenters. The van der Waals surface area contributed by atoms with Crippen LogP contribution in [-0.2, 0) is 18.5 Å². The van der Waals surface area contributed by atoms with Crippen LogP contribution in [0.4, 0.5) is 39.5 Å². The number of halogens is 9. The molecule has 0 spiro atoms. The summed E-state index contributed by atoms with van der Waals surface area (Å²) in [5, 5.41) is 0. The topological polar surface area (TPSA) is 17.1 Å². The maximum atomic E-state index is 12.8. The Morgan fingerprint density at radius 3 is 1.18 bits per heavy atom. The highest BCUT2D eigenvalue weighted by Crippen LogP contribution is 2.37. The van der Waals surface area contributed by atoms with E-state index < -0.39 is 40.8 Å². The zero-order valence-corrected chi connectivity index (χ0v) is 13.5. The van der Waals surface area contributed by atoms with Crippen molar-refractivity contribution in [1.82, 2.24) is 0 Å². The number of hydrogen-bond donors (Lipinski definition) is 0. The Hall–Kier alpha value is -2.78. The molecule has 0 aromatic heterocycles. The minimum Gasteiger partial charge on any atom is -0.298 e. The van der Waals surface area contributed by atoms with E-state index in [0.717, 1.165) is 18.2 Å². The minimum absolute atomic E-state index is 0.0634. The standard InChI is InChI=1S/C18H9F9O/c19-16(20,21)13-4-10(3-12(7-13)9-28)1-2-11-5-14(17(22,23)24)8-15(6-11)18(25,26)27/h1-9H/b2-1+. The second-order valence-electron chi connectivity index (χ2n) is 5.68. The molecule has 0 heterocycles. The predicted octanol–water partition coefficient (Wildman–Crippen LogP) is 6.73. The van der Waals surface area contributed by atoms with Crippen LogP contribution in [-0.4, -0.2) is 6.29 Å². The number of carbonyl (C=O) groups excluding carboxylic acids is 1. The summed E-state index contributed by atoms with van der Waals surface area (Å²) in [5.74, 6) is 0. The van der Waals surface area contributed by atoms with Gasteiger partial charge in [0.1, 0.15) is 6.29 Å². The van der Waals surface area contributed by atoms with E-state index in [9.17, 15) is 44.3 Å². The lowest BCUT2D eigenvalue weighted by molar-refractivity contribution is -0.143. The first-order chi connectivity index (χ1) is 12.7. The number of benzene rings is 2. The summed E-state index contributed by atoms with van der Waals surface area (Å²) in [6.07, 6.45) is -13.1. The van der Waals surface area contributed by atoms with Gasteiger partial charge in [0, 0.05) is 5.56 Å². The zero-order valence-electron chi connectivity index (χ0n) is 13.5. The van der Waals surface area contributed by atoms with Gasteiger partial charge in [0.05, 0.1) is 16.7 Å². The van der Waals surface area contributed by atoms with Crippen molar-refractivity contribution in [3.63, 3.8) is 0 Å². The van der Waals surface area contributed by atoms with E-state index in [4.69, 9.17) is 0 Å². The molecule has 1 nitrogen and oxygen atoms in total. The van der Waals surface area contributed by atoms with E-state index in [0.29, 0.717) is 24.3 Å². The van der Waals surface area contributed by atoms with Gasteiger partial charge in [-0.2, -0.15) is 39.5 Å². The molecule has 0 aliphatic heterocycles. The van der Waals surface area contributed by atoms with Crippen LogP contribution in [0.15, 0.2) is 36.4 Å². The number of aldehydes is 1. The largest absolute Gasteiger partial charge is 0.416 e. The molecule has 0 amide bonds. The Labute approximate surface area is 152 Å². The third-order valence-electron chi connectivity index (χ3n) is 3.52. The van der Waals surface area contributed by atoms with E-state index in [-0.39, 0.29) is 23.5 Å². The Morgan fingerprint density at radius 2 is 0.821 bits per heavy atom. The third kappa shape index (κ3) is 5.37. The first-order valence-electron chi connectivity index (χ1n) is 7.35. The SMILES string of the molecule is O=Cc1cc(/C=C/c2cc(C(F)(F)F)cc(C(F)(F)F)c2)cc(C(F)(F)F)c1. The molecule has 0 fully saturated rings. The fourth-order valence-electron chi connectivity index (χ4n) is 2.27. The van der Waals surface area contributed by atoms with Gasteiger partial charge >= 0.3 is 18.5 Å². The molecule has 2 aromatic rings. The van der Waals surface area contributed by atoms with Crippen molar-refractivity contribution in [1.29, 1.82) is 0 Å². The second kappa shape index (κ2) is 7.33. The van der Waals surface area contributed by atoms with E-state index in [1.165, 1.54) is 0 Å². The quantitative estimate of drug-likeness (QED) is 0.311. The van der Waals surface area contributed by atoms with Gasteiger partial charge in [0.2, 0.25) is 0 Å². The van der Waals surface area contributed by atoms with Gasteiger partial charge in [-0.1, -0.05) is 12.2 Å². The van der Waals surface area contributed by atoms with Crippen molar-refractivity contribution >= 4 is 18.4 Å². The fraction of sp³-hybridized carbons (Fsp3) is 0.167. The van der Waals surface area contributed by atoms with Crippen LogP contribution in [0.2, 0.25) is 0 Å². The second-order valence-corrected chi connectivity index (χ2v) is 5.68. The van der Waals surface area contributed by atoms with Crippen LogP contribution in [0.1, 0.15) is 38.2 Å². The number of hydrogen-bond acceptors (Lipinski definition) is 1. The zero-order chi connectivity index (χ0) is 21.3. The molecule has 0 saturated carbocycles. The van der Waals surface area contributed by atoms with Gasteiger partial charge in [-0.15, -0.1) is 0 Å². The lowest BCUT2D eigenvalue weighted by atomic mass is 10.0. The minimum atomic E-state index is -5.05. The molecule has 2 rings (SSSR count). The van der Waals surface area contributed by atoms with Crippen molar-refractivity contribution in [2.45, 2.75) is 18.5 Å². The van der Waals surface area contributed by atoms with Gasteiger partial charge in [-0.3, -0.25) is 4.79 Å². The lowest BCUT2D eigenvalue weighted by Crippen LogP contribution is -2.11. The van der Waals surface area contributed by atoms with Crippen LogP contribution < -0.4 is 0 Å². The Morgan fingerprint density at radius 1 is 0.500 bits per heavy atom. The fourth-order valence-corrected chi connectivity index (χ4v) is 2.27. The van der Waals surface area contributed by atoms with Crippen LogP contribution >= 0.6 is 0 Å². The van der Waals surface area contributed by atoms with Crippen molar-refractivity contribution in [3.8, 4) is 0 Å². The summed E-state index contributed by atoms with van der Waals surface area (Å²) >= 11 is 0. The van der Waals surface area contributed by atoms with Crippen molar-refractivity contribution in [3.05, 3.63) is 69.8 Å².